The predicted molar refractivity (Wildman–Crippen MR) is 71.2 cm³/mol. The van der Waals surface area contributed by atoms with E-state index in [4.69, 9.17) is 5.11 Å². The molecule has 1 amide bonds. The minimum absolute atomic E-state index is 0.213. The molecular weight excluding hydrogens is 246 g/mol. The molecule has 0 aliphatic carbocycles. The summed E-state index contributed by atoms with van der Waals surface area (Å²) in [5.74, 6) is -2.52. The molecule has 2 unspecified atom stereocenters. The van der Waals surface area contributed by atoms with E-state index in [1.165, 1.54) is 11.8 Å². The first-order chi connectivity index (χ1) is 8.88. The first kappa shape index (κ1) is 14.9. The number of carbonyl (C=O) groups is 3. The van der Waals surface area contributed by atoms with Crippen molar-refractivity contribution in [2.24, 2.45) is 11.8 Å². The minimum Gasteiger partial charge on any atom is -0.481 e. The van der Waals surface area contributed by atoms with Crippen molar-refractivity contribution in [3.63, 3.8) is 0 Å². The van der Waals surface area contributed by atoms with Gasteiger partial charge in [-0.3, -0.25) is 14.4 Å². The fraction of sp³-hybridized carbons (Fsp3) is 0.357. The second-order valence-electron chi connectivity index (χ2n) is 4.54. The smallest absolute Gasteiger partial charge is 0.306 e. The van der Waals surface area contributed by atoms with E-state index < -0.39 is 17.8 Å². The first-order valence-electron chi connectivity index (χ1n) is 5.93. The SMILES string of the molecule is CC(C(=O)O)C(C)C(=O)c1ccc(N(C)C=O)cc1. The van der Waals surface area contributed by atoms with Crippen LogP contribution >= 0.6 is 0 Å². The molecule has 0 aliphatic heterocycles. The maximum absolute atomic E-state index is 12.1. The van der Waals surface area contributed by atoms with E-state index in [9.17, 15) is 14.4 Å². The Balaban J connectivity index is 2.89. The number of rotatable bonds is 6. The Labute approximate surface area is 111 Å². The molecule has 5 heteroatoms. The van der Waals surface area contributed by atoms with E-state index in [0.29, 0.717) is 17.7 Å². The fourth-order valence-electron chi connectivity index (χ4n) is 1.63. The van der Waals surface area contributed by atoms with Gasteiger partial charge in [-0.15, -0.1) is 0 Å². The lowest BCUT2D eigenvalue weighted by Gasteiger charge is -2.15. The Hall–Kier alpha value is -2.17. The highest BCUT2D eigenvalue weighted by atomic mass is 16.4. The molecule has 1 N–H and O–H groups in total. The number of aliphatic carboxylic acids is 1. The number of amides is 1. The monoisotopic (exact) mass is 263 g/mol. The second kappa shape index (κ2) is 6.13. The van der Waals surface area contributed by atoms with Crippen LogP contribution in [0.5, 0.6) is 0 Å². The van der Waals surface area contributed by atoms with Gasteiger partial charge in [0.25, 0.3) is 0 Å². The zero-order valence-electron chi connectivity index (χ0n) is 11.2. The summed E-state index contributed by atoms with van der Waals surface area (Å²) in [5.41, 5.74) is 1.12. The minimum atomic E-state index is -0.988. The van der Waals surface area contributed by atoms with E-state index in [0.717, 1.165) is 0 Å². The van der Waals surface area contributed by atoms with E-state index in [1.807, 2.05) is 0 Å². The Morgan fingerprint density at radius 2 is 1.68 bits per heavy atom. The van der Waals surface area contributed by atoms with Crippen LogP contribution in [0.25, 0.3) is 0 Å². The van der Waals surface area contributed by atoms with E-state index >= 15 is 0 Å². The molecule has 0 saturated carbocycles. The highest BCUT2D eigenvalue weighted by Gasteiger charge is 2.26. The summed E-state index contributed by atoms with van der Waals surface area (Å²) in [6.07, 6.45) is 0.673. The average molecular weight is 263 g/mol. The number of anilines is 1. The molecule has 0 saturated heterocycles. The van der Waals surface area contributed by atoms with Gasteiger partial charge in [0.1, 0.15) is 0 Å². The average Bonchev–Trinajstić information content (AvgIpc) is 2.44. The van der Waals surface area contributed by atoms with Crippen molar-refractivity contribution in [2.75, 3.05) is 11.9 Å². The lowest BCUT2D eigenvalue weighted by Crippen LogP contribution is -2.25. The predicted octanol–water partition coefficient (Wildman–Crippen LogP) is 1.82. The lowest BCUT2D eigenvalue weighted by atomic mass is 9.88. The number of hydrogen-bond acceptors (Lipinski definition) is 3. The van der Waals surface area contributed by atoms with Crippen molar-refractivity contribution < 1.29 is 19.5 Å². The number of Topliss-reactive ketones (excluding diaryl/α,β-unsaturated/α-hetero) is 1. The van der Waals surface area contributed by atoms with Crippen molar-refractivity contribution in [3.05, 3.63) is 29.8 Å². The topological polar surface area (TPSA) is 74.7 Å². The van der Waals surface area contributed by atoms with Crippen LogP contribution in [-0.2, 0) is 9.59 Å². The zero-order valence-corrected chi connectivity index (χ0v) is 11.2. The summed E-state index contributed by atoms with van der Waals surface area (Å²) in [6.45, 7) is 3.12. The molecule has 0 bridgehead atoms. The summed E-state index contributed by atoms with van der Waals surface area (Å²) in [5, 5.41) is 8.90. The van der Waals surface area contributed by atoms with Crippen LogP contribution in [0.3, 0.4) is 0 Å². The van der Waals surface area contributed by atoms with Gasteiger partial charge in [-0.2, -0.15) is 0 Å². The standard InChI is InChI=1S/C14H17NO4/c1-9(10(2)14(18)19)13(17)11-4-6-12(7-5-11)15(3)8-16/h4-10H,1-3H3,(H,18,19). The van der Waals surface area contributed by atoms with Crippen molar-refractivity contribution >= 4 is 23.9 Å². The zero-order chi connectivity index (χ0) is 14.6. The Morgan fingerprint density at radius 1 is 1.16 bits per heavy atom. The molecule has 0 fully saturated rings. The van der Waals surface area contributed by atoms with E-state index in [2.05, 4.69) is 0 Å². The molecule has 0 aliphatic rings. The van der Waals surface area contributed by atoms with E-state index in [-0.39, 0.29) is 5.78 Å². The van der Waals surface area contributed by atoms with Gasteiger partial charge in [0.15, 0.2) is 5.78 Å². The number of carboxylic acids is 1. The number of nitrogens with zero attached hydrogens (tertiary/aromatic N) is 1. The van der Waals surface area contributed by atoms with Crippen LogP contribution in [0.4, 0.5) is 5.69 Å². The van der Waals surface area contributed by atoms with Crippen LogP contribution in [0.2, 0.25) is 0 Å². The van der Waals surface area contributed by atoms with Crippen LogP contribution in [0.1, 0.15) is 24.2 Å². The summed E-state index contributed by atoms with van der Waals surface area (Å²) in [4.78, 5) is 34.9. The molecule has 2 atom stereocenters. The van der Waals surface area contributed by atoms with E-state index in [1.54, 1.807) is 38.2 Å². The van der Waals surface area contributed by atoms with Crippen LogP contribution < -0.4 is 4.90 Å². The summed E-state index contributed by atoms with van der Waals surface area (Å²) < 4.78 is 0. The molecule has 19 heavy (non-hydrogen) atoms. The Kier molecular flexibility index (Phi) is 4.80. The third-order valence-corrected chi connectivity index (χ3v) is 3.27. The van der Waals surface area contributed by atoms with Gasteiger partial charge in [-0.25, -0.2) is 0 Å². The third-order valence-electron chi connectivity index (χ3n) is 3.27. The maximum Gasteiger partial charge on any atom is 0.306 e. The number of ketones is 1. The lowest BCUT2D eigenvalue weighted by molar-refractivity contribution is -0.142. The van der Waals surface area contributed by atoms with Crippen molar-refractivity contribution in [1.29, 1.82) is 0 Å². The second-order valence-corrected chi connectivity index (χ2v) is 4.54. The van der Waals surface area contributed by atoms with Gasteiger partial charge in [0, 0.05) is 24.2 Å². The van der Waals surface area contributed by atoms with Crippen molar-refractivity contribution in [2.45, 2.75) is 13.8 Å². The van der Waals surface area contributed by atoms with Crippen LogP contribution in [0, 0.1) is 11.8 Å². The molecular formula is C14H17NO4. The highest BCUT2D eigenvalue weighted by Crippen LogP contribution is 2.20. The number of carboxylic acid groups (broad SMARTS) is 1. The fourth-order valence-corrected chi connectivity index (χ4v) is 1.63. The molecule has 0 radical (unpaired) electrons. The van der Waals surface area contributed by atoms with Gasteiger partial charge < -0.3 is 10.0 Å². The van der Waals surface area contributed by atoms with Gasteiger partial charge in [0.05, 0.1) is 5.92 Å². The molecule has 5 nitrogen and oxygen atoms in total. The highest BCUT2D eigenvalue weighted by molar-refractivity contribution is 6.00. The largest absolute Gasteiger partial charge is 0.481 e. The third kappa shape index (κ3) is 3.40. The molecule has 1 rings (SSSR count). The normalized spacial score (nSPS) is 13.4. The summed E-state index contributed by atoms with van der Waals surface area (Å²) in [6, 6.07) is 6.51. The Morgan fingerprint density at radius 3 is 2.11 bits per heavy atom. The quantitative estimate of drug-likeness (QED) is 0.627. The first-order valence-corrected chi connectivity index (χ1v) is 5.93. The van der Waals surface area contributed by atoms with Crippen molar-refractivity contribution in [3.8, 4) is 0 Å². The Bertz CT molecular complexity index is 481. The van der Waals surface area contributed by atoms with Gasteiger partial charge >= 0.3 is 5.97 Å². The van der Waals surface area contributed by atoms with Gasteiger partial charge in [-0.1, -0.05) is 13.8 Å². The summed E-state index contributed by atoms with van der Waals surface area (Å²) in [7, 11) is 1.61. The van der Waals surface area contributed by atoms with Gasteiger partial charge in [0.2, 0.25) is 6.41 Å². The van der Waals surface area contributed by atoms with Crippen LogP contribution in [0.15, 0.2) is 24.3 Å². The molecule has 1 aromatic carbocycles. The number of benzene rings is 1. The molecule has 0 heterocycles. The van der Waals surface area contributed by atoms with Crippen LogP contribution in [-0.4, -0.2) is 30.3 Å². The van der Waals surface area contributed by atoms with Crippen molar-refractivity contribution in [1.82, 2.24) is 0 Å². The maximum atomic E-state index is 12.1. The van der Waals surface area contributed by atoms with Gasteiger partial charge in [-0.05, 0) is 24.3 Å². The molecule has 1 aromatic rings. The molecule has 102 valence electrons. The molecule has 0 aromatic heterocycles. The number of hydrogen-bond donors (Lipinski definition) is 1. The molecule has 0 spiro atoms. The number of carbonyl (C=O) groups excluding carboxylic acids is 2. The summed E-state index contributed by atoms with van der Waals surface area (Å²) >= 11 is 0.